The van der Waals surface area contributed by atoms with Crippen LogP contribution in [-0.4, -0.2) is 62.1 Å². The first-order chi connectivity index (χ1) is 13.2. The van der Waals surface area contributed by atoms with Crippen LogP contribution < -0.4 is 10.6 Å². The molecule has 2 rings (SSSR count). The third-order valence-corrected chi connectivity index (χ3v) is 7.33. The van der Waals surface area contributed by atoms with Crippen LogP contribution in [0.4, 0.5) is 13.2 Å². The molecule has 2 heterocycles. The van der Waals surface area contributed by atoms with Crippen LogP contribution in [0.1, 0.15) is 36.9 Å². The molecule has 2 N–H and O–H groups in total. The second-order valence-electron chi connectivity index (χ2n) is 6.51. The topological polar surface area (TPSA) is 86.7 Å². The smallest absolute Gasteiger partial charge is 0.356 e. The van der Waals surface area contributed by atoms with Gasteiger partial charge in [-0.15, -0.1) is 35.3 Å². The molecule has 168 valence electrons. The zero-order valence-electron chi connectivity index (χ0n) is 16.3. The van der Waals surface area contributed by atoms with Gasteiger partial charge in [0.25, 0.3) is 0 Å². The number of alkyl halides is 3. The van der Waals surface area contributed by atoms with Crippen molar-refractivity contribution in [2.75, 3.05) is 32.4 Å². The molecule has 1 aliphatic heterocycles. The molecule has 1 fully saturated rings. The highest BCUT2D eigenvalue weighted by Crippen LogP contribution is 2.30. The van der Waals surface area contributed by atoms with Gasteiger partial charge in [-0.1, -0.05) is 6.92 Å². The van der Waals surface area contributed by atoms with E-state index in [2.05, 4.69) is 20.6 Å². The second-order valence-corrected chi connectivity index (χ2v) is 9.54. The Bertz CT molecular complexity index is 763. The number of sulfonamides is 1. The Morgan fingerprint density at radius 3 is 2.55 bits per heavy atom. The molecule has 0 unspecified atom stereocenters. The van der Waals surface area contributed by atoms with Gasteiger partial charge in [0.2, 0.25) is 10.0 Å². The van der Waals surface area contributed by atoms with E-state index in [0.717, 1.165) is 16.7 Å². The molecule has 0 aliphatic carbocycles. The van der Waals surface area contributed by atoms with Crippen molar-refractivity contribution in [3.63, 3.8) is 0 Å². The number of nitrogens with zero attached hydrogens (tertiary/aromatic N) is 3. The molecule has 1 aromatic heterocycles. The highest BCUT2D eigenvalue weighted by molar-refractivity contribution is 14.0. The van der Waals surface area contributed by atoms with E-state index in [4.69, 9.17) is 0 Å². The number of piperidine rings is 1. The van der Waals surface area contributed by atoms with Gasteiger partial charge in [-0.25, -0.2) is 17.7 Å². The van der Waals surface area contributed by atoms with E-state index in [1.807, 2.05) is 6.92 Å². The summed E-state index contributed by atoms with van der Waals surface area (Å²) in [4.78, 5) is 7.72. The summed E-state index contributed by atoms with van der Waals surface area (Å²) in [7, 11) is -1.56. The van der Waals surface area contributed by atoms with Crippen LogP contribution in [0.25, 0.3) is 0 Å². The quantitative estimate of drug-likeness (QED) is 0.300. The van der Waals surface area contributed by atoms with Gasteiger partial charge in [0, 0.05) is 44.5 Å². The summed E-state index contributed by atoms with van der Waals surface area (Å²) in [5.74, 6) is 0.712. The Kier molecular flexibility index (Phi) is 10.6. The Labute approximate surface area is 190 Å². The minimum absolute atomic E-state index is 0. The molecular weight excluding hydrogens is 542 g/mol. The number of guanidine groups is 1. The summed E-state index contributed by atoms with van der Waals surface area (Å²) >= 11 is 0.984. The number of aromatic nitrogens is 1. The summed E-state index contributed by atoms with van der Waals surface area (Å²) in [6.45, 7) is 3.18. The van der Waals surface area contributed by atoms with Crippen molar-refractivity contribution < 1.29 is 21.6 Å². The van der Waals surface area contributed by atoms with Gasteiger partial charge >= 0.3 is 6.18 Å². The molecule has 7 nitrogen and oxygen atoms in total. The fraction of sp³-hybridized carbons (Fsp3) is 0.750. The van der Waals surface area contributed by atoms with Crippen molar-refractivity contribution in [3.05, 3.63) is 16.1 Å². The van der Waals surface area contributed by atoms with Gasteiger partial charge in [0.05, 0.1) is 10.8 Å². The van der Waals surface area contributed by atoms with Crippen molar-refractivity contribution in [1.29, 1.82) is 0 Å². The normalized spacial score (nSPS) is 17.1. The maximum Gasteiger partial charge on any atom is 0.434 e. The van der Waals surface area contributed by atoms with E-state index in [-0.39, 0.29) is 35.8 Å². The van der Waals surface area contributed by atoms with E-state index >= 15 is 0 Å². The lowest BCUT2D eigenvalue weighted by molar-refractivity contribution is -0.140. The number of hydrogen-bond acceptors (Lipinski definition) is 5. The molecule has 0 aromatic carbocycles. The van der Waals surface area contributed by atoms with E-state index in [1.165, 1.54) is 4.31 Å². The van der Waals surface area contributed by atoms with Gasteiger partial charge in [-0.3, -0.25) is 4.99 Å². The average molecular weight is 569 g/mol. The monoisotopic (exact) mass is 569 g/mol. The number of rotatable bonds is 7. The van der Waals surface area contributed by atoms with E-state index < -0.39 is 21.9 Å². The van der Waals surface area contributed by atoms with Crippen LogP contribution >= 0.6 is 35.3 Å². The Morgan fingerprint density at radius 1 is 1.38 bits per heavy atom. The number of thiazole rings is 1. The zero-order chi connectivity index (χ0) is 20.8. The summed E-state index contributed by atoms with van der Waals surface area (Å²) in [6, 6.07) is 0.0935. The minimum atomic E-state index is -4.42. The van der Waals surface area contributed by atoms with Crippen molar-refractivity contribution in [3.8, 4) is 0 Å². The van der Waals surface area contributed by atoms with Gasteiger partial charge in [-0.05, 0) is 19.3 Å². The number of aliphatic imine (C=N–C) groups is 1. The summed E-state index contributed by atoms with van der Waals surface area (Å²) in [6.07, 6.45) is -2.12. The van der Waals surface area contributed by atoms with Gasteiger partial charge in [0.1, 0.15) is 0 Å². The molecule has 0 radical (unpaired) electrons. The number of hydrogen-bond donors (Lipinski definition) is 2. The lowest BCUT2D eigenvalue weighted by Crippen LogP contribution is -2.50. The van der Waals surface area contributed by atoms with Crippen molar-refractivity contribution in [2.24, 2.45) is 4.99 Å². The lowest BCUT2D eigenvalue weighted by Gasteiger charge is -2.32. The van der Waals surface area contributed by atoms with Crippen LogP contribution in [0.15, 0.2) is 10.4 Å². The Hall–Kier alpha value is -0.670. The zero-order valence-corrected chi connectivity index (χ0v) is 20.3. The molecule has 0 spiro atoms. The van der Waals surface area contributed by atoms with Crippen LogP contribution in [0.2, 0.25) is 0 Å². The fourth-order valence-corrected chi connectivity index (χ4v) is 5.24. The van der Waals surface area contributed by atoms with Gasteiger partial charge in [0.15, 0.2) is 11.7 Å². The van der Waals surface area contributed by atoms with Crippen molar-refractivity contribution in [2.45, 2.75) is 44.8 Å². The molecule has 0 saturated carbocycles. The SMILES string of the molecule is CCCS(=O)(=O)N1CCC(NC(=NC)NCCc2nc(C(F)(F)F)cs2)CC1.I. The van der Waals surface area contributed by atoms with Crippen molar-refractivity contribution >= 4 is 51.3 Å². The fourth-order valence-electron chi connectivity index (χ4n) is 2.90. The molecule has 1 aliphatic rings. The Balaban J connectivity index is 0.00000420. The summed E-state index contributed by atoms with van der Waals surface area (Å²) in [5.41, 5.74) is -0.861. The molecule has 29 heavy (non-hydrogen) atoms. The molecule has 13 heteroatoms. The molecular formula is C16H27F3IN5O2S2. The second kappa shape index (κ2) is 11.6. The highest BCUT2D eigenvalue weighted by atomic mass is 127. The maximum absolute atomic E-state index is 12.6. The highest BCUT2D eigenvalue weighted by Gasteiger charge is 2.33. The number of nitrogens with one attached hydrogen (secondary N) is 2. The first-order valence-electron chi connectivity index (χ1n) is 9.12. The van der Waals surface area contributed by atoms with Crippen LogP contribution in [0, 0.1) is 0 Å². The van der Waals surface area contributed by atoms with Gasteiger partial charge < -0.3 is 10.6 Å². The van der Waals surface area contributed by atoms with Crippen molar-refractivity contribution in [1.82, 2.24) is 19.9 Å². The first kappa shape index (κ1) is 26.4. The minimum Gasteiger partial charge on any atom is -0.356 e. The molecule has 0 atom stereocenters. The predicted octanol–water partition coefficient (Wildman–Crippen LogP) is 2.69. The van der Waals surface area contributed by atoms with E-state index in [1.54, 1.807) is 7.05 Å². The number of halogens is 4. The van der Waals surface area contributed by atoms with Gasteiger partial charge in [-0.2, -0.15) is 13.2 Å². The molecule has 0 amide bonds. The predicted molar refractivity (Wildman–Crippen MR) is 119 cm³/mol. The van der Waals surface area contributed by atoms with E-state index in [9.17, 15) is 21.6 Å². The Morgan fingerprint density at radius 2 is 2.03 bits per heavy atom. The third-order valence-electron chi connectivity index (χ3n) is 4.35. The molecule has 1 aromatic rings. The molecule has 1 saturated heterocycles. The van der Waals surface area contributed by atoms with Crippen LogP contribution in [0.3, 0.4) is 0 Å². The van der Waals surface area contributed by atoms with E-state index in [0.29, 0.717) is 56.3 Å². The van der Waals surface area contributed by atoms with Crippen LogP contribution in [-0.2, 0) is 22.6 Å². The first-order valence-corrected chi connectivity index (χ1v) is 11.6. The summed E-state index contributed by atoms with van der Waals surface area (Å²) in [5, 5.41) is 7.74. The third kappa shape index (κ3) is 8.17. The van der Waals surface area contributed by atoms with Crippen LogP contribution in [0.5, 0.6) is 0 Å². The standard InChI is InChI=1S/C16H26F3N5O2S2.HI/c1-3-10-28(25,26)24-8-5-12(6-9-24)22-15(20-2)21-7-4-14-23-13(11-27-14)16(17,18)19;/h11-12H,3-10H2,1-2H3,(H2,20,21,22);1H. The summed E-state index contributed by atoms with van der Waals surface area (Å²) < 4.78 is 63.5. The lowest BCUT2D eigenvalue weighted by atomic mass is 10.1. The average Bonchev–Trinajstić information content (AvgIpc) is 3.10. The molecule has 0 bridgehead atoms. The largest absolute Gasteiger partial charge is 0.434 e. The maximum atomic E-state index is 12.6.